The van der Waals surface area contributed by atoms with Crippen LogP contribution in [0.5, 0.6) is 0 Å². The SMILES string of the molecule is C/C=C/CN1C(=O)C2C(c3ccc(C(=O)OC)cc3)NC(Cc3ccc([N+](=O)[O-])cc3)(C(=O)O)C2C1=O. The summed E-state index contributed by atoms with van der Waals surface area (Å²) in [5.41, 5.74) is -0.751. The van der Waals surface area contributed by atoms with Crippen LogP contribution in [0.15, 0.2) is 60.7 Å². The Hall–Kier alpha value is -4.38. The molecular weight excluding hydrogens is 482 g/mol. The van der Waals surface area contributed by atoms with Gasteiger partial charge in [-0.2, -0.15) is 0 Å². The number of rotatable bonds is 8. The van der Waals surface area contributed by atoms with Crippen LogP contribution in [-0.2, 0) is 25.5 Å². The second kappa shape index (κ2) is 9.94. The van der Waals surface area contributed by atoms with Crippen LogP contribution in [-0.4, -0.2) is 57.9 Å². The van der Waals surface area contributed by atoms with E-state index in [2.05, 4.69) is 5.32 Å². The fourth-order valence-electron chi connectivity index (χ4n) is 5.18. The lowest BCUT2D eigenvalue weighted by Gasteiger charge is -2.31. The number of fused-ring (bicyclic) bond motifs is 1. The highest BCUT2D eigenvalue weighted by atomic mass is 16.6. The maximum absolute atomic E-state index is 13.5. The van der Waals surface area contributed by atoms with Crippen molar-refractivity contribution in [2.45, 2.75) is 24.9 Å². The monoisotopic (exact) mass is 507 g/mol. The average Bonchev–Trinajstić information content (AvgIpc) is 3.36. The Morgan fingerprint density at radius 3 is 2.32 bits per heavy atom. The Bertz CT molecular complexity index is 1290. The minimum Gasteiger partial charge on any atom is -0.480 e. The van der Waals surface area contributed by atoms with E-state index in [1.165, 1.54) is 43.5 Å². The molecule has 0 aliphatic carbocycles. The minimum absolute atomic E-state index is 0.0163. The number of hydrogen-bond donors (Lipinski definition) is 2. The van der Waals surface area contributed by atoms with Crippen LogP contribution < -0.4 is 5.32 Å². The van der Waals surface area contributed by atoms with Crippen molar-refractivity contribution in [2.75, 3.05) is 13.7 Å². The number of allylic oxidation sites excluding steroid dienone is 1. The molecule has 0 bridgehead atoms. The molecule has 4 rings (SSSR count). The molecule has 2 amide bonds. The first kappa shape index (κ1) is 25.7. The molecule has 11 heteroatoms. The predicted molar refractivity (Wildman–Crippen MR) is 129 cm³/mol. The number of carbonyl (C=O) groups excluding carboxylic acids is 3. The molecule has 2 aliphatic heterocycles. The molecule has 2 saturated heterocycles. The summed E-state index contributed by atoms with van der Waals surface area (Å²) in [5, 5.41) is 24.6. The number of carbonyl (C=O) groups is 4. The van der Waals surface area contributed by atoms with Crippen molar-refractivity contribution >= 4 is 29.4 Å². The number of ether oxygens (including phenoxy) is 1. The summed E-state index contributed by atoms with van der Waals surface area (Å²) in [6.45, 7) is 1.76. The van der Waals surface area contributed by atoms with Crippen molar-refractivity contribution in [2.24, 2.45) is 11.8 Å². The fraction of sp³-hybridized carbons (Fsp3) is 0.308. The number of likely N-dealkylation sites (tertiary alicyclic amines) is 1. The number of benzene rings is 2. The summed E-state index contributed by atoms with van der Waals surface area (Å²) in [7, 11) is 1.25. The van der Waals surface area contributed by atoms with Crippen LogP contribution in [0.25, 0.3) is 0 Å². The summed E-state index contributed by atoms with van der Waals surface area (Å²) < 4.78 is 4.72. The summed E-state index contributed by atoms with van der Waals surface area (Å²) in [6, 6.07) is 10.8. The Labute approximate surface area is 211 Å². The predicted octanol–water partition coefficient (Wildman–Crippen LogP) is 2.27. The van der Waals surface area contributed by atoms with E-state index in [0.717, 1.165) is 4.90 Å². The van der Waals surface area contributed by atoms with Gasteiger partial charge in [0, 0.05) is 31.1 Å². The standard InChI is InChI=1S/C26H25N3O8/c1-3-4-13-28-22(30)19-20(23(28)31)26(25(33)34,14-15-5-11-18(12-6-15)29(35)36)27-21(19)16-7-9-17(10-8-16)24(32)37-2/h3-12,19-21,27H,13-14H2,1-2H3,(H,33,34)/b4-3+. The molecular formula is C26H25N3O8. The van der Waals surface area contributed by atoms with Gasteiger partial charge >= 0.3 is 11.9 Å². The van der Waals surface area contributed by atoms with Gasteiger partial charge in [0.2, 0.25) is 11.8 Å². The van der Waals surface area contributed by atoms with Gasteiger partial charge in [-0.25, -0.2) is 4.79 Å². The summed E-state index contributed by atoms with van der Waals surface area (Å²) in [5.74, 6) is -5.18. The third kappa shape index (κ3) is 4.38. The van der Waals surface area contributed by atoms with E-state index in [0.29, 0.717) is 11.1 Å². The molecule has 2 aliphatic rings. The van der Waals surface area contributed by atoms with Gasteiger partial charge in [0.25, 0.3) is 5.69 Å². The lowest BCUT2D eigenvalue weighted by Crippen LogP contribution is -2.57. The van der Waals surface area contributed by atoms with Crippen LogP contribution in [0.3, 0.4) is 0 Å². The first-order chi connectivity index (χ1) is 17.6. The van der Waals surface area contributed by atoms with Crippen LogP contribution in [0, 0.1) is 22.0 Å². The summed E-state index contributed by atoms with van der Waals surface area (Å²) >= 11 is 0. The van der Waals surface area contributed by atoms with Crippen molar-refractivity contribution in [3.63, 3.8) is 0 Å². The minimum atomic E-state index is -1.86. The van der Waals surface area contributed by atoms with Crippen molar-refractivity contribution in [3.8, 4) is 0 Å². The van der Waals surface area contributed by atoms with Gasteiger partial charge in [-0.05, 0) is 30.2 Å². The van der Waals surface area contributed by atoms with Crippen LogP contribution in [0.2, 0.25) is 0 Å². The van der Waals surface area contributed by atoms with Gasteiger partial charge < -0.3 is 9.84 Å². The second-order valence-corrected chi connectivity index (χ2v) is 8.97. The number of non-ortho nitro benzene ring substituents is 1. The number of nitro groups is 1. The van der Waals surface area contributed by atoms with Crippen molar-refractivity contribution in [1.29, 1.82) is 0 Å². The molecule has 4 unspecified atom stereocenters. The van der Waals surface area contributed by atoms with E-state index in [9.17, 15) is 34.4 Å². The number of nitrogens with zero attached hydrogens (tertiary/aromatic N) is 2. The molecule has 2 fully saturated rings. The highest BCUT2D eigenvalue weighted by molar-refractivity contribution is 6.09. The molecule has 0 spiro atoms. The summed E-state index contributed by atoms with van der Waals surface area (Å²) in [6.07, 6.45) is 3.15. The number of nitrogens with one attached hydrogen (secondary N) is 1. The number of methoxy groups -OCH3 is 1. The van der Waals surface area contributed by atoms with Gasteiger partial charge in [-0.15, -0.1) is 0 Å². The van der Waals surface area contributed by atoms with E-state index in [1.54, 1.807) is 31.2 Å². The van der Waals surface area contributed by atoms with E-state index in [1.807, 2.05) is 0 Å². The molecule has 37 heavy (non-hydrogen) atoms. The third-order valence-corrected chi connectivity index (χ3v) is 6.97. The third-order valence-electron chi connectivity index (χ3n) is 6.97. The number of amides is 2. The maximum atomic E-state index is 13.5. The van der Waals surface area contributed by atoms with Gasteiger partial charge in [-0.3, -0.25) is 34.7 Å². The molecule has 4 atom stereocenters. The Morgan fingerprint density at radius 2 is 1.78 bits per heavy atom. The normalized spacial score (nSPS) is 24.9. The zero-order valence-corrected chi connectivity index (χ0v) is 20.1. The quantitative estimate of drug-likeness (QED) is 0.180. The second-order valence-electron chi connectivity index (χ2n) is 8.97. The van der Waals surface area contributed by atoms with Crippen LogP contribution in [0.4, 0.5) is 5.69 Å². The molecule has 192 valence electrons. The van der Waals surface area contributed by atoms with E-state index < -0.39 is 52.1 Å². The van der Waals surface area contributed by atoms with Gasteiger partial charge in [0.1, 0.15) is 5.54 Å². The lowest BCUT2D eigenvalue weighted by atomic mass is 9.76. The molecule has 2 heterocycles. The number of carboxylic acids is 1. The average molecular weight is 507 g/mol. The number of esters is 1. The number of aliphatic carboxylic acids is 1. The zero-order valence-electron chi connectivity index (χ0n) is 20.1. The molecule has 2 aromatic carbocycles. The lowest BCUT2D eigenvalue weighted by molar-refractivity contribution is -0.384. The van der Waals surface area contributed by atoms with Crippen molar-refractivity contribution in [3.05, 3.63) is 87.5 Å². The van der Waals surface area contributed by atoms with E-state index in [4.69, 9.17) is 4.74 Å². The maximum Gasteiger partial charge on any atom is 0.337 e. The number of nitro benzene ring substituents is 1. The van der Waals surface area contributed by atoms with E-state index in [-0.39, 0.29) is 24.2 Å². The van der Waals surface area contributed by atoms with E-state index >= 15 is 0 Å². The van der Waals surface area contributed by atoms with Crippen LogP contribution >= 0.6 is 0 Å². The molecule has 11 nitrogen and oxygen atoms in total. The number of hydrogen-bond acceptors (Lipinski definition) is 8. The van der Waals surface area contributed by atoms with Gasteiger partial charge in [-0.1, -0.05) is 36.4 Å². The molecule has 0 saturated carbocycles. The van der Waals surface area contributed by atoms with Crippen LogP contribution in [0.1, 0.15) is 34.5 Å². The van der Waals surface area contributed by atoms with Crippen molar-refractivity contribution in [1.82, 2.24) is 10.2 Å². The molecule has 2 aromatic rings. The largest absolute Gasteiger partial charge is 0.480 e. The molecule has 0 radical (unpaired) electrons. The zero-order chi connectivity index (χ0) is 26.9. The van der Waals surface area contributed by atoms with Gasteiger partial charge in [0.15, 0.2) is 0 Å². The first-order valence-corrected chi connectivity index (χ1v) is 11.5. The Morgan fingerprint density at radius 1 is 1.14 bits per heavy atom. The summed E-state index contributed by atoms with van der Waals surface area (Å²) in [4.78, 5) is 63.3. The smallest absolute Gasteiger partial charge is 0.337 e. The molecule has 2 N–H and O–H groups in total. The highest BCUT2D eigenvalue weighted by Gasteiger charge is 2.68. The Kier molecular flexibility index (Phi) is 6.90. The first-order valence-electron chi connectivity index (χ1n) is 11.5. The highest BCUT2D eigenvalue weighted by Crippen LogP contribution is 2.50. The Balaban J connectivity index is 1.79. The van der Waals surface area contributed by atoms with Crippen molar-refractivity contribution < 1.29 is 33.9 Å². The molecule has 0 aromatic heterocycles. The number of imide groups is 1. The number of carboxylic acid groups (broad SMARTS) is 1. The fourth-order valence-corrected chi connectivity index (χ4v) is 5.18. The van der Waals surface area contributed by atoms with Gasteiger partial charge in [0.05, 0.1) is 29.4 Å². The topological polar surface area (TPSA) is 156 Å².